The molecule has 0 saturated carbocycles. The zero-order chi connectivity index (χ0) is 9.40. The van der Waals surface area contributed by atoms with Gasteiger partial charge in [-0.25, -0.2) is 4.79 Å². The molecule has 0 amide bonds. The monoisotopic (exact) mass is 172 g/mol. The van der Waals surface area contributed by atoms with E-state index in [4.69, 9.17) is 4.74 Å². The van der Waals surface area contributed by atoms with E-state index in [2.05, 4.69) is 25.2 Å². The van der Waals surface area contributed by atoms with Gasteiger partial charge in [0.1, 0.15) is 0 Å². The van der Waals surface area contributed by atoms with Crippen molar-refractivity contribution >= 4 is 5.97 Å². The number of carbonyl (C=O) groups excluding carboxylic acids is 1. The van der Waals surface area contributed by atoms with Crippen molar-refractivity contribution in [1.29, 1.82) is 0 Å². The van der Waals surface area contributed by atoms with Crippen LogP contribution in [0.2, 0.25) is 0 Å². The predicted molar refractivity (Wildman–Crippen MR) is 46.6 cm³/mol. The number of esters is 1. The number of hydrogen-bond donors (Lipinski definition) is 0. The summed E-state index contributed by atoms with van der Waals surface area (Å²) in [5.74, 6) is 0.216. The molecule has 0 aromatic heterocycles. The van der Waals surface area contributed by atoms with Crippen LogP contribution in [-0.4, -0.2) is 19.2 Å². The molecular formula is C9H16O3. The molecule has 0 aromatic carbocycles. The molecule has 0 N–H and O–H groups in total. The standard InChI is InChI=1S/C9H16O3/c1-4-11-7-9(10)12-6-5-8(2)3/h4,8H,1,5-7H2,2-3H3. The van der Waals surface area contributed by atoms with Crippen molar-refractivity contribution < 1.29 is 14.3 Å². The highest BCUT2D eigenvalue weighted by molar-refractivity contribution is 5.70. The molecule has 0 aliphatic heterocycles. The summed E-state index contributed by atoms with van der Waals surface area (Å²) in [5.41, 5.74) is 0. The second kappa shape index (κ2) is 6.70. The molecule has 12 heavy (non-hydrogen) atoms. The second-order valence-corrected chi connectivity index (χ2v) is 2.88. The van der Waals surface area contributed by atoms with Gasteiger partial charge in [0.05, 0.1) is 12.9 Å². The van der Waals surface area contributed by atoms with Gasteiger partial charge in [-0.05, 0) is 12.3 Å². The zero-order valence-corrected chi connectivity index (χ0v) is 7.71. The number of hydrogen-bond acceptors (Lipinski definition) is 3. The lowest BCUT2D eigenvalue weighted by atomic mass is 10.1. The molecule has 0 aromatic rings. The second-order valence-electron chi connectivity index (χ2n) is 2.88. The normalized spacial score (nSPS) is 9.58. The Kier molecular flexibility index (Phi) is 6.15. The Labute approximate surface area is 73.4 Å². The minimum atomic E-state index is -0.337. The maximum Gasteiger partial charge on any atom is 0.344 e. The fourth-order valence-corrected chi connectivity index (χ4v) is 0.577. The highest BCUT2D eigenvalue weighted by atomic mass is 16.6. The molecule has 0 atom stereocenters. The molecule has 70 valence electrons. The van der Waals surface area contributed by atoms with Crippen molar-refractivity contribution in [1.82, 2.24) is 0 Å². The molecule has 3 nitrogen and oxygen atoms in total. The molecule has 0 spiro atoms. The van der Waals surface area contributed by atoms with E-state index in [0.29, 0.717) is 12.5 Å². The molecule has 0 rings (SSSR count). The Hall–Kier alpha value is -0.990. The van der Waals surface area contributed by atoms with Crippen molar-refractivity contribution in [3.05, 3.63) is 12.8 Å². The van der Waals surface area contributed by atoms with Crippen LogP contribution in [0.4, 0.5) is 0 Å². The fraction of sp³-hybridized carbons (Fsp3) is 0.667. The molecule has 0 heterocycles. The molecule has 3 heteroatoms. The Morgan fingerprint density at radius 3 is 2.75 bits per heavy atom. The van der Waals surface area contributed by atoms with E-state index in [1.54, 1.807) is 0 Å². The summed E-state index contributed by atoms with van der Waals surface area (Å²) in [4.78, 5) is 10.8. The summed E-state index contributed by atoms with van der Waals surface area (Å²) < 4.78 is 9.49. The van der Waals surface area contributed by atoms with Gasteiger partial charge in [0.2, 0.25) is 0 Å². The number of ether oxygens (including phenoxy) is 2. The maximum atomic E-state index is 10.8. The molecule has 0 bridgehead atoms. The average molecular weight is 172 g/mol. The Morgan fingerprint density at radius 1 is 1.58 bits per heavy atom. The fourth-order valence-electron chi connectivity index (χ4n) is 0.577. The highest BCUT2D eigenvalue weighted by Gasteiger charge is 2.01. The van der Waals surface area contributed by atoms with Crippen molar-refractivity contribution in [2.45, 2.75) is 20.3 Å². The van der Waals surface area contributed by atoms with Crippen LogP contribution in [0.3, 0.4) is 0 Å². The van der Waals surface area contributed by atoms with Crippen molar-refractivity contribution in [3.8, 4) is 0 Å². The summed E-state index contributed by atoms with van der Waals surface area (Å²) in [6.07, 6.45) is 2.11. The smallest absolute Gasteiger partial charge is 0.344 e. The number of rotatable bonds is 6. The summed E-state index contributed by atoms with van der Waals surface area (Å²) in [6.45, 7) is 7.90. The van der Waals surface area contributed by atoms with E-state index in [1.807, 2.05) is 0 Å². The van der Waals surface area contributed by atoms with Crippen LogP contribution >= 0.6 is 0 Å². The van der Waals surface area contributed by atoms with Crippen LogP contribution in [0, 0.1) is 5.92 Å². The third-order valence-electron chi connectivity index (χ3n) is 1.28. The molecule has 0 unspecified atom stereocenters. The maximum absolute atomic E-state index is 10.8. The topological polar surface area (TPSA) is 35.5 Å². The van der Waals surface area contributed by atoms with Gasteiger partial charge in [-0.15, -0.1) is 0 Å². The van der Waals surface area contributed by atoms with E-state index in [-0.39, 0.29) is 12.6 Å². The van der Waals surface area contributed by atoms with E-state index in [0.717, 1.165) is 6.42 Å². The van der Waals surface area contributed by atoms with Crippen molar-refractivity contribution in [2.75, 3.05) is 13.2 Å². The van der Waals surface area contributed by atoms with Crippen molar-refractivity contribution in [3.63, 3.8) is 0 Å². The van der Waals surface area contributed by atoms with Crippen LogP contribution in [-0.2, 0) is 14.3 Å². The molecule has 0 aliphatic carbocycles. The Bertz CT molecular complexity index is 141. The third-order valence-corrected chi connectivity index (χ3v) is 1.28. The van der Waals surface area contributed by atoms with Gasteiger partial charge in [-0.1, -0.05) is 20.4 Å². The van der Waals surface area contributed by atoms with E-state index >= 15 is 0 Å². The first kappa shape index (κ1) is 11.0. The SMILES string of the molecule is C=COCC(=O)OCCC(C)C. The van der Waals surface area contributed by atoms with Gasteiger partial charge >= 0.3 is 5.97 Å². The van der Waals surface area contributed by atoms with Crippen molar-refractivity contribution in [2.24, 2.45) is 5.92 Å². The lowest BCUT2D eigenvalue weighted by Crippen LogP contribution is -2.12. The molecule has 0 radical (unpaired) electrons. The lowest BCUT2D eigenvalue weighted by molar-refractivity contribution is -0.147. The minimum absolute atomic E-state index is 0.0401. The molecular weight excluding hydrogens is 156 g/mol. The van der Waals surface area contributed by atoms with Gasteiger partial charge in [0, 0.05) is 0 Å². The van der Waals surface area contributed by atoms with Gasteiger partial charge in [0.15, 0.2) is 6.61 Å². The third kappa shape index (κ3) is 7.12. The largest absolute Gasteiger partial charge is 0.490 e. The van der Waals surface area contributed by atoms with Gasteiger partial charge in [-0.2, -0.15) is 0 Å². The van der Waals surface area contributed by atoms with Crippen LogP contribution < -0.4 is 0 Å². The Balaban J connectivity index is 3.25. The quantitative estimate of drug-likeness (QED) is 0.452. The molecule has 0 saturated heterocycles. The average Bonchev–Trinajstić information content (AvgIpc) is 2.00. The number of carbonyl (C=O) groups is 1. The van der Waals surface area contributed by atoms with Gasteiger partial charge in [-0.3, -0.25) is 0 Å². The first-order valence-corrected chi connectivity index (χ1v) is 4.05. The van der Waals surface area contributed by atoms with Crippen LogP contribution in [0.25, 0.3) is 0 Å². The summed E-state index contributed by atoms with van der Waals surface area (Å²) in [6, 6.07) is 0. The van der Waals surface area contributed by atoms with Crippen LogP contribution in [0.5, 0.6) is 0 Å². The first-order valence-electron chi connectivity index (χ1n) is 4.05. The first-order chi connectivity index (χ1) is 5.66. The minimum Gasteiger partial charge on any atom is -0.490 e. The van der Waals surface area contributed by atoms with Crippen LogP contribution in [0.15, 0.2) is 12.8 Å². The molecule has 0 aliphatic rings. The van der Waals surface area contributed by atoms with E-state index in [1.165, 1.54) is 6.26 Å². The lowest BCUT2D eigenvalue weighted by Gasteiger charge is -2.05. The van der Waals surface area contributed by atoms with Crippen LogP contribution in [0.1, 0.15) is 20.3 Å². The zero-order valence-electron chi connectivity index (χ0n) is 7.71. The summed E-state index contributed by atoms with van der Waals surface area (Å²) >= 11 is 0. The van der Waals surface area contributed by atoms with E-state index in [9.17, 15) is 4.79 Å². The van der Waals surface area contributed by atoms with Gasteiger partial charge in [0.25, 0.3) is 0 Å². The van der Waals surface area contributed by atoms with Gasteiger partial charge < -0.3 is 9.47 Å². The highest BCUT2D eigenvalue weighted by Crippen LogP contribution is 1.98. The molecule has 0 fully saturated rings. The summed E-state index contributed by atoms with van der Waals surface area (Å²) in [7, 11) is 0. The Morgan fingerprint density at radius 2 is 2.25 bits per heavy atom. The van der Waals surface area contributed by atoms with E-state index < -0.39 is 0 Å². The summed E-state index contributed by atoms with van der Waals surface area (Å²) in [5, 5.41) is 0. The predicted octanol–water partition coefficient (Wildman–Crippen LogP) is 1.74.